The Morgan fingerprint density at radius 2 is 2.33 bits per heavy atom. The summed E-state index contributed by atoms with van der Waals surface area (Å²) in [7, 11) is 0. The lowest BCUT2D eigenvalue weighted by molar-refractivity contribution is 0.0882. The highest BCUT2D eigenvalue weighted by molar-refractivity contribution is 7.15. The molecule has 3 heterocycles. The standard InChI is InChI=1S/C13H16N4O3S/c1-8-10(17-5-6-21-12(17)14-8)11(18)15-9-3-2-4-16(7-9)13(19)20/h5-6,9H,2-4,7H2,1H3,(H,15,18)(H,19,20)/t9-/m1/s1. The number of imidazole rings is 1. The fraction of sp³-hybridized carbons (Fsp3) is 0.462. The van der Waals surface area contributed by atoms with Crippen molar-refractivity contribution in [1.29, 1.82) is 0 Å². The summed E-state index contributed by atoms with van der Waals surface area (Å²) < 4.78 is 1.77. The van der Waals surface area contributed by atoms with E-state index in [0.29, 0.717) is 24.5 Å². The van der Waals surface area contributed by atoms with Gasteiger partial charge in [0.15, 0.2) is 4.96 Å². The van der Waals surface area contributed by atoms with Crippen LogP contribution in [-0.2, 0) is 0 Å². The Labute approximate surface area is 125 Å². The Hall–Kier alpha value is -2.09. The number of thiazole rings is 1. The minimum atomic E-state index is -0.935. The summed E-state index contributed by atoms with van der Waals surface area (Å²) in [6, 6.07) is -0.147. The van der Waals surface area contributed by atoms with Crippen molar-refractivity contribution >= 4 is 28.3 Å². The third kappa shape index (κ3) is 2.58. The minimum Gasteiger partial charge on any atom is -0.465 e. The molecule has 112 valence electrons. The maximum Gasteiger partial charge on any atom is 0.407 e. The molecule has 0 aromatic carbocycles. The van der Waals surface area contributed by atoms with Crippen LogP contribution in [0.4, 0.5) is 4.79 Å². The fourth-order valence-electron chi connectivity index (χ4n) is 2.69. The Morgan fingerprint density at radius 3 is 3.10 bits per heavy atom. The normalized spacial score (nSPS) is 18.9. The molecule has 2 N–H and O–H groups in total. The van der Waals surface area contributed by atoms with E-state index in [1.54, 1.807) is 11.3 Å². The first-order valence-electron chi connectivity index (χ1n) is 6.77. The number of piperidine rings is 1. The first kappa shape index (κ1) is 13.9. The van der Waals surface area contributed by atoms with Gasteiger partial charge in [0.05, 0.1) is 5.69 Å². The number of likely N-dealkylation sites (tertiary alicyclic amines) is 1. The van der Waals surface area contributed by atoms with Crippen LogP contribution in [-0.4, -0.2) is 50.5 Å². The zero-order chi connectivity index (χ0) is 15.0. The maximum absolute atomic E-state index is 12.5. The van der Waals surface area contributed by atoms with Gasteiger partial charge in [-0.15, -0.1) is 11.3 Å². The molecule has 0 saturated carbocycles. The van der Waals surface area contributed by atoms with Crippen LogP contribution >= 0.6 is 11.3 Å². The highest BCUT2D eigenvalue weighted by atomic mass is 32.1. The fourth-order valence-corrected chi connectivity index (χ4v) is 3.45. The highest BCUT2D eigenvalue weighted by Crippen LogP contribution is 2.17. The molecule has 21 heavy (non-hydrogen) atoms. The zero-order valence-corrected chi connectivity index (χ0v) is 12.4. The van der Waals surface area contributed by atoms with Crippen molar-refractivity contribution in [3.8, 4) is 0 Å². The number of aromatic nitrogens is 2. The Bertz CT molecular complexity index is 693. The first-order valence-corrected chi connectivity index (χ1v) is 7.65. The van der Waals surface area contributed by atoms with Gasteiger partial charge in [0.2, 0.25) is 0 Å². The SMILES string of the molecule is Cc1nc2sccn2c1C(=O)N[C@@H]1CCCN(C(=O)O)C1. The minimum absolute atomic E-state index is 0.147. The summed E-state index contributed by atoms with van der Waals surface area (Å²) in [6.45, 7) is 2.67. The molecule has 0 radical (unpaired) electrons. The molecule has 1 atom stereocenters. The highest BCUT2D eigenvalue weighted by Gasteiger charge is 2.26. The van der Waals surface area contributed by atoms with Gasteiger partial charge in [-0.05, 0) is 19.8 Å². The Kier molecular flexibility index (Phi) is 3.54. The van der Waals surface area contributed by atoms with Crippen LogP contribution in [0.2, 0.25) is 0 Å². The molecule has 1 fully saturated rings. The van der Waals surface area contributed by atoms with E-state index in [0.717, 1.165) is 17.8 Å². The van der Waals surface area contributed by atoms with Crippen molar-refractivity contribution in [3.05, 3.63) is 23.0 Å². The van der Waals surface area contributed by atoms with E-state index < -0.39 is 6.09 Å². The summed E-state index contributed by atoms with van der Waals surface area (Å²) in [5.74, 6) is -0.198. The average molecular weight is 308 g/mol. The van der Waals surface area contributed by atoms with Crippen molar-refractivity contribution < 1.29 is 14.7 Å². The Balaban J connectivity index is 1.75. The first-order chi connectivity index (χ1) is 10.1. The quantitative estimate of drug-likeness (QED) is 0.881. The van der Waals surface area contributed by atoms with Crippen molar-refractivity contribution in [1.82, 2.24) is 19.6 Å². The Morgan fingerprint density at radius 1 is 1.52 bits per heavy atom. The van der Waals surface area contributed by atoms with E-state index in [2.05, 4.69) is 10.3 Å². The lowest BCUT2D eigenvalue weighted by Gasteiger charge is -2.31. The van der Waals surface area contributed by atoms with Gasteiger partial charge in [0, 0.05) is 30.7 Å². The second-order valence-electron chi connectivity index (χ2n) is 5.14. The molecule has 0 aliphatic carbocycles. The van der Waals surface area contributed by atoms with E-state index in [4.69, 9.17) is 5.11 Å². The second kappa shape index (κ2) is 5.36. The van der Waals surface area contributed by atoms with Gasteiger partial charge in [-0.25, -0.2) is 9.78 Å². The number of rotatable bonds is 2. The largest absolute Gasteiger partial charge is 0.465 e. The molecule has 8 heteroatoms. The number of nitrogens with zero attached hydrogens (tertiary/aromatic N) is 3. The number of nitrogens with one attached hydrogen (secondary N) is 1. The summed E-state index contributed by atoms with van der Waals surface area (Å²) >= 11 is 1.48. The van der Waals surface area contributed by atoms with E-state index in [-0.39, 0.29) is 11.9 Å². The zero-order valence-electron chi connectivity index (χ0n) is 11.6. The topological polar surface area (TPSA) is 86.9 Å². The van der Waals surface area contributed by atoms with E-state index in [1.165, 1.54) is 16.2 Å². The number of aryl methyl sites for hydroxylation is 1. The van der Waals surface area contributed by atoms with Gasteiger partial charge in [0.1, 0.15) is 5.69 Å². The molecular weight excluding hydrogens is 292 g/mol. The summed E-state index contributed by atoms with van der Waals surface area (Å²) in [5, 5.41) is 13.8. The number of carbonyl (C=O) groups excluding carboxylic acids is 1. The van der Waals surface area contributed by atoms with Crippen LogP contribution in [0.3, 0.4) is 0 Å². The van der Waals surface area contributed by atoms with Crippen LogP contribution in [0.5, 0.6) is 0 Å². The number of amides is 2. The maximum atomic E-state index is 12.5. The van der Waals surface area contributed by atoms with Gasteiger partial charge >= 0.3 is 6.09 Å². The van der Waals surface area contributed by atoms with E-state index in [1.807, 2.05) is 11.6 Å². The second-order valence-corrected chi connectivity index (χ2v) is 6.02. The van der Waals surface area contributed by atoms with E-state index in [9.17, 15) is 9.59 Å². The molecule has 1 saturated heterocycles. The third-order valence-electron chi connectivity index (χ3n) is 3.68. The predicted molar refractivity (Wildman–Crippen MR) is 77.9 cm³/mol. The number of carboxylic acid groups (broad SMARTS) is 1. The number of fused-ring (bicyclic) bond motifs is 1. The number of hydrogen-bond donors (Lipinski definition) is 2. The number of carbonyl (C=O) groups is 2. The lowest BCUT2D eigenvalue weighted by Crippen LogP contribution is -2.49. The molecule has 0 spiro atoms. The van der Waals surface area contributed by atoms with Gasteiger partial charge in [0.25, 0.3) is 5.91 Å². The number of hydrogen-bond acceptors (Lipinski definition) is 4. The average Bonchev–Trinajstić information content (AvgIpc) is 2.98. The van der Waals surface area contributed by atoms with Crippen molar-refractivity contribution in [2.24, 2.45) is 0 Å². The molecule has 2 amide bonds. The molecule has 1 aliphatic heterocycles. The van der Waals surface area contributed by atoms with Gasteiger partial charge < -0.3 is 15.3 Å². The third-order valence-corrected chi connectivity index (χ3v) is 4.44. The molecular formula is C13H16N4O3S. The van der Waals surface area contributed by atoms with Crippen LogP contribution in [0, 0.1) is 6.92 Å². The van der Waals surface area contributed by atoms with Crippen LogP contribution in [0.15, 0.2) is 11.6 Å². The van der Waals surface area contributed by atoms with Crippen molar-refractivity contribution in [2.75, 3.05) is 13.1 Å². The van der Waals surface area contributed by atoms with E-state index >= 15 is 0 Å². The van der Waals surface area contributed by atoms with Crippen LogP contribution in [0.1, 0.15) is 29.0 Å². The molecule has 1 aliphatic rings. The van der Waals surface area contributed by atoms with Crippen LogP contribution < -0.4 is 5.32 Å². The molecule has 7 nitrogen and oxygen atoms in total. The van der Waals surface area contributed by atoms with Gasteiger partial charge in [-0.3, -0.25) is 9.20 Å². The molecule has 0 unspecified atom stereocenters. The van der Waals surface area contributed by atoms with Gasteiger partial charge in [-0.2, -0.15) is 0 Å². The van der Waals surface area contributed by atoms with Crippen molar-refractivity contribution in [2.45, 2.75) is 25.8 Å². The lowest BCUT2D eigenvalue weighted by atomic mass is 10.1. The smallest absolute Gasteiger partial charge is 0.407 e. The van der Waals surface area contributed by atoms with Gasteiger partial charge in [-0.1, -0.05) is 0 Å². The van der Waals surface area contributed by atoms with Crippen molar-refractivity contribution in [3.63, 3.8) is 0 Å². The monoisotopic (exact) mass is 308 g/mol. The van der Waals surface area contributed by atoms with Crippen LogP contribution in [0.25, 0.3) is 4.96 Å². The molecule has 3 rings (SSSR count). The summed E-state index contributed by atoms with van der Waals surface area (Å²) in [4.78, 5) is 29.9. The molecule has 0 bridgehead atoms. The summed E-state index contributed by atoms with van der Waals surface area (Å²) in [6.07, 6.45) is 2.44. The predicted octanol–water partition coefficient (Wildman–Crippen LogP) is 1.58. The molecule has 2 aromatic heterocycles. The summed E-state index contributed by atoms with van der Waals surface area (Å²) in [5.41, 5.74) is 1.21. The molecule has 2 aromatic rings.